The lowest BCUT2D eigenvalue weighted by Gasteiger charge is -2.34. The molecule has 1 heterocycles. The molecule has 0 fully saturated rings. The first-order chi connectivity index (χ1) is 8.34. The van der Waals surface area contributed by atoms with Crippen molar-refractivity contribution in [2.45, 2.75) is 46.8 Å². The highest BCUT2D eigenvalue weighted by molar-refractivity contribution is 5.07. The molecule has 0 saturated carbocycles. The average molecular weight is 250 g/mol. The van der Waals surface area contributed by atoms with Gasteiger partial charge in [-0.25, -0.2) is 0 Å². The molecule has 2 N–H and O–H groups in total. The zero-order chi connectivity index (χ0) is 13.8. The van der Waals surface area contributed by atoms with E-state index >= 15 is 0 Å². The second-order valence-electron chi connectivity index (χ2n) is 6.03. The average Bonchev–Trinajstić information content (AvgIpc) is 2.36. The van der Waals surface area contributed by atoms with Gasteiger partial charge in [0.15, 0.2) is 0 Å². The van der Waals surface area contributed by atoms with Gasteiger partial charge in [-0.15, -0.1) is 0 Å². The molecule has 18 heavy (non-hydrogen) atoms. The summed E-state index contributed by atoms with van der Waals surface area (Å²) in [4.78, 5) is 4.33. The molecule has 2 unspecified atom stereocenters. The van der Waals surface area contributed by atoms with Crippen LogP contribution in [0.1, 0.15) is 46.4 Å². The molecular weight excluding hydrogens is 224 g/mol. The number of nitrogens with zero attached hydrogens (tertiary/aromatic N) is 1. The van der Waals surface area contributed by atoms with E-state index in [4.69, 9.17) is 0 Å². The summed E-state index contributed by atoms with van der Waals surface area (Å²) in [5.74, 6) is 0.270. The normalized spacial score (nSPS) is 15.7. The van der Waals surface area contributed by atoms with Crippen LogP contribution >= 0.6 is 0 Å². The number of nitrogens with one attached hydrogen (secondary N) is 1. The van der Waals surface area contributed by atoms with Gasteiger partial charge in [0.05, 0.1) is 11.8 Å². The van der Waals surface area contributed by atoms with Crippen molar-refractivity contribution in [1.82, 2.24) is 10.3 Å². The summed E-state index contributed by atoms with van der Waals surface area (Å²) >= 11 is 0. The van der Waals surface area contributed by atoms with E-state index in [0.717, 1.165) is 12.2 Å². The van der Waals surface area contributed by atoms with Gasteiger partial charge in [0.25, 0.3) is 0 Å². The van der Waals surface area contributed by atoms with Gasteiger partial charge in [0, 0.05) is 24.2 Å². The van der Waals surface area contributed by atoms with Gasteiger partial charge >= 0.3 is 0 Å². The van der Waals surface area contributed by atoms with Crippen molar-refractivity contribution in [2.75, 3.05) is 6.54 Å². The first-order valence-electron chi connectivity index (χ1n) is 6.67. The van der Waals surface area contributed by atoms with E-state index in [1.54, 1.807) is 0 Å². The first kappa shape index (κ1) is 15.1. The number of aliphatic hydroxyl groups excluding tert-OH is 1. The maximum Gasteiger partial charge on any atom is 0.0626 e. The van der Waals surface area contributed by atoms with E-state index in [9.17, 15) is 5.11 Å². The molecule has 0 aliphatic rings. The van der Waals surface area contributed by atoms with Crippen LogP contribution in [0.3, 0.4) is 0 Å². The van der Waals surface area contributed by atoms with Crippen molar-refractivity contribution in [1.29, 1.82) is 0 Å². The first-order valence-corrected chi connectivity index (χ1v) is 6.67. The number of rotatable bonds is 6. The quantitative estimate of drug-likeness (QED) is 0.816. The molecule has 0 aliphatic heterocycles. The third-order valence-electron chi connectivity index (χ3n) is 3.43. The Morgan fingerprint density at radius 3 is 2.44 bits per heavy atom. The molecule has 0 radical (unpaired) electrons. The van der Waals surface area contributed by atoms with Crippen LogP contribution in [0.5, 0.6) is 0 Å². The zero-order valence-corrected chi connectivity index (χ0v) is 12.1. The molecule has 0 aliphatic carbocycles. The van der Waals surface area contributed by atoms with Gasteiger partial charge in [-0.05, 0) is 25.0 Å². The zero-order valence-electron chi connectivity index (χ0n) is 12.1. The molecule has 0 spiro atoms. The summed E-state index contributed by atoms with van der Waals surface area (Å²) in [5.41, 5.74) is 0.893. The molecule has 0 saturated heterocycles. The summed E-state index contributed by atoms with van der Waals surface area (Å²) < 4.78 is 0. The van der Waals surface area contributed by atoms with Crippen LogP contribution in [0, 0.1) is 11.3 Å². The molecular formula is C15H26N2O. The number of aromatic nitrogens is 1. The highest BCUT2D eigenvalue weighted by Crippen LogP contribution is 2.26. The molecule has 1 rings (SSSR count). The van der Waals surface area contributed by atoms with E-state index in [0.29, 0.717) is 0 Å². The van der Waals surface area contributed by atoms with E-state index in [1.807, 2.05) is 24.4 Å². The van der Waals surface area contributed by atoms with Gasteiger partial charge in [-0.2, -0.15) is 0 Å². The van der Waals surface area contributed by atoms with Gasteiger partial charge in [0.1, 0.15) is 0 Å². The summed E-state index contributed by atoms with van der Waals surface area (Å²) in [6.07, 6.45) is 1.50. The molecule has 2 atom stereocenters. The minimum atomic E-state index is -0.305. The van der Waals surface area contributed by atoms with Crippen molar-refractivity contribution in [2.24, 2.45) is 11.3 Å². The topological polar surface area (TPSA) is 45.1 Å². The van der Waals surface area contributed by atoms with Gasteiger partial charge in [-0.3, -0.25) is 4.98 Å². The minimum absolute atomic E-state index is 0.142. The molecule has 3 heteroatoms. The van der Waals surface area contributed by atoms with E-state index in [1.165, 1.54) is 0 Å². The van der Waals surface area contributed by atoms with Crippen molar-refractivity contribution in [3.8, 4) is 0 Å². The standard InChI is InChI=1S/C15H26N2O/c1-11(2)14(18)15(4,5)10-17-12(3)13-8-6-7-9-16-13/h6-9,11-12,14,17-18H,10H2,1-5H3. The predicted molar refractivity (Wildman–Crippen MR) is 75.3 cm³/mol. The van der Waals surface area contributed by atoms with Gasteiger partial charge in [-0.1, -0.05) is 33.8 Å². The predicted octanol–water partition coefficient (Wildman–Crippen LogP) is 2.78. The van der Waals surface area contributed by atoms with E-state index in [2.05, 4.69) is 44.9 Å². The van der Waals surface area contributed by atoms with Gasteiger partial charge in [0.2, 0.25) is 0 Å². The minimum Gasteiger partial charge on any atom is -0.392 e. The largest absolute Gasteiger partial charge is 0.392 e. The van der Waals surface area contributed by atoms with E-state index in [-0.39, 0.29) is 23.5 Å². The summed E-state index contributed by atoms with van der Waals surface area (Å²) in [5, 5.41) is 13.6. The fraction of sp³-hybridized carbons (Fsp3) is 0.667. The molecule has 0 aromatic carbocycles. The summed E-state index contributed by atoms with van der Waals surface area (Å²) in [6, 6.07) is 6.13. The second-order valence-corrected chi connectivity index (χ2v) is 6.03. The van der Waals surface area contributed by atoms with Crippen LogP contribution < -0.4 is 5.32 Å². The van der Waals surface area contributed by atoms with Crippen LogP contribution in [-0.4, -0.2) is 22.7 Å². The van der Waals surface area contributed by atoms with Crippen LogP contribution in [0.15, 0.2) is 24.4 Å². The summed E-state index contributed by atoms with van der Waals surface area (Å²) in [7, 11) is 0. The Bertz CT molecular complexity index is 349. The van der Waals surface area contributed by atoms with Crippen LogP contribution in [0.2, 0.25) is 0 Å². The number of hydrogen-bond acceptors (Lipinski definition) is 3. The Balaban J connectivity index is 2.55. The van der Waals surface area contributed by atoms with Gasteiger partial charge < -0.3 is 10.4 Å². The lowest BCUT2D eigenvalue weighted by molar-refractivity contribution is 0.0123. The Hall–Kier alpha value is -0.930. The number of hydrogen-bond donors (Lipinski definition) is 2. The Labute approximate surface area is 111 Å². The van der Waals surface area contributed by atoms with Crippen molar-refractivity contribution >= 4 is 0 Å². The fourth-order valence-electron chi connectivity index (χ4n) is 2.16. The Morgan fingerprint density at radius 2 is 1.94 bits per heavy atom. The maximum atomic E-state index is 10.2. The molecule has 0 amide bonds. The molecule has 102 valence electrons. The maximum absolute atomic E-state index is 10.2. The second kappa shape index (κ2) is 6.30. The number of aliphatic hydroxyl groups is 1. The number of pyridine rings is 1. The van der Waals surface area contributed by atoms with Crippen molar-refractivity contribution < 1.29 is 5.11 Å². The molecule has 1 aromatic rings. The molecule has 0 bridgehead atoms. The lowest BCUT2D eigenvalue weighted by Crippen LogP contribution is -2.42. The van der Waals surface area contributed by atoms with Crippen molar-refractivity contribution in [3.63, 3.8) is 0 Å². The SMILES string of the molecule is CC(NCC(C)(C)C(O)C(C)C)c1ccccn1. The van der Waals surface area contributed by atoms with Crippen LogP contribution in [-0.2, 0) is 0 Å². The molecule has 1 aromatic heterocycles. The monoisotopic (exact) mass is 250 g/mol. The lowest BCUT2D eigenvalue weighted by atomic mass is 9.80. The third-order valence-corrected chi connectivity index (χ3v) is 3.43. The third kappa shape index (κ3) is 4.07. The Morgan fingerprint density at radius 1 is 1.28 bits per heavy atom. The highest BCUT2D eigenvalue weighted by atomic mass is 16.3. The Kier molecular flexibility index (Phi) is 5.29. The van der Waals surface area contributed by atoms with Crippen LogP contribution in [0.4, 0.5) is 0 Å². The smallest absolute Gasteiger partial charge is 0.0626 e. The molecule has 3 nitrogen and oxygen atoms in total. The van der Waals surface area contributed by atoms with Crippen LogP contribution in [0.25, 0.3) is 0 Å². The fourth-order valence-corrected chi connectivity index (χ4v) is 2.16. The summed E-state index contributed by atoms with van der Waals surface area (Å²) in [6.45, 7) is 11.2. The van der Waals surface area contributed by atoms with E-state index < -0.39 is 0 Å². The highest BCUT2D eigenvalue weighted by Gasteiger charge is 2.30. The van der Waals surface area contributed by atoms with Crippen molar-refractivity contribution in [3.05, 3.63) is 30.1 Å².